The molecule has 0 amide bonds. The maximum absolute atomic E-state index is 13.1. The van der Waals surface area contributed by atoms with Gasteiger partial charge in [0.2, 0.25) is 0 Å². The summed E-state index contributed by atoms with van der Waals surface area (Å²) >= 11 is 0. The van der Waals surface area contributed by atoms with Crippen molar-refractivity contribution < 1.29 is 13.5 Å². The van der Waals surface area contributed by atoms with E-state index in [0.717, 1.165) is 25.3 Å². The zero-order valence-electron chi connectivity index (χ0n) is 12.7. The van der Waals surface area contributed by atoms with E-state index in [1.807, 2.05) is 6.07 Å². The fraction of sp³-hybridized carbons (Fsp3) is 0.444. The molecule has 0 spiro atoms. The molecule has 0 N–H and O–H groups in total. The third-order valence-electron chi connectivity index (χ3n) is 4.18. The van der Waals surface area contributed by atoms with Crippen molar-refractivity contribution >= 4 is 0 Å². The minimum atomic E-state index is -0.263. The van der Waals surface area contributed by atoms with Crippen LogP contribution in [0.3, 0.4) is 0 Å². The molecule has 0 bridgehead atoms. The first-order valence-electron chi connectivity index (χ1n) is 7.99. The molecule has 1 aromatic carbocycles. The number of nitrogens with zero attached hydrogens (tertiary/aromatic N) is 1. The molecule has 0 saturated carbocycles. The predicted octanol–water partition coefficient (Wildman–Crippen LogP) is 4.41. The van der Waals surface area contributed by atoms with Crippen LogP contribution in [0.4, 0.5) is 4.39 Å². The SMILES string of the molecule is Fc1cccc(OCCN2CCCCCC2c2ccco2)c1. The molecule has 22 heavy (non-hydrogen) atoms. The van der Waals surface area contributed by atoms with Gasteiger partial charge in [-0.3, -0.25) is 4.90 Å². The van der Waals surface area contributed by atoms with Gasteiger partial charge in [-0.05, 0) is 43.7 Å². The molecular formula is C18H22FNO2. The monoisotopic (exact) mass is 303 g/mol. The van der Waals surface area contributed by atoms with Crippen molar-refractivity contribution in [3.8, 4) is 5.75 Å². The summed E-state index contributed by atoms with van der Waals surface area (Å²) in [7, 11) is 0. The molecule has 2 aromatic rings. The Morgan fingerprint density at radius 2 is 2.14 bits per heavy atom. The predicted molar refractivity (Wildman–Crippen MR) is 83.4 cm³/mol. The number of hydrogen-bond donors (Lipinski definition) is 0. The van der Waals surface area contributed by atoms with E-state index in [-0.39, 0.29) is 5.82 Å². The highest BCUT2D eigenvalue weighted by atomic mass is 19.1. The highest BCUT2D eigenvalue weighted by molar-refractivity contribution is 5.22. The maximum Gasteiger partial charge on any atom is 0.126 e. The van der Waals surface area contributed by atoms with Crippen molar-refractivity contribution in [2.45, 2.75) is 31.7 Å². The molecule has 0 radical (unpaired) electrons. The molecule has 1 atom stereocenters. The van der Waals surface area contributed by atoms with Crippen LogP contribution in [0.5, 0.6) is 5.75 Å². The zero-order chi connectivity index (χ0) is 15.2. The largest absolute Gasteiger partial charge is 0.492 e. The average Bonchev–Trinajstić information content (AvgIpc) is 2.94. The Hall–Kier alpha value is -1.81. The fourth-order valence-electron chi connectivity index (χ4n) is 3.08. The lowest BCUT2D eigenvalue weighted by Crippen LogP contribution is -2.32. The van der Waals surface area contributed by atoms with E-state index in [4.69, 9.17) is 9.15 Å². The first kappa shape index (κ1) is 15.1. The van der Waals surface area contributed by atoms with Gasteiger partial charge in [0.15, 0.2) is 0 Å². The van der Waals surface area contributed by atoms with E-state index in [9.17, 15) is 4.39 Å². The molecular weight excluding hydrogens is 281 g/mol. The van der Waals surface area contributed by atoms with Crippen molar-refractivity contribution in [1.29, 1.82) is 0 Å². The molecule has 3 nitrogen and oxygen atoms in total. The van der Waals surface area contributed by atoms with E-state index in [2.05, 4.69) is 11.0 Å². The molecule has 4 heteroatoms. The highest BCUT2D eigenvalue weighted by Crippen LogP contribution is 2.30. The van der Waals surface area contributed by atoms with Crippen LogP contribution in [0.15, 0.2) is 47.1 Å². The van der Waals surface area contributed by atoms with Crippen molar-refractivity contribution in [3.05, 3.63) is 54.2 Å². The van der Waals surface area contributed by atoms with Gasteiger partial charge in [-0.2, -0.15) is 0 Å². The zero-order valence-corrected chi connectivity index (χ0v) is 12.7. The first-order chi connectivity index (χ1) is 10.8. The summed E-state index contributed by atoms with van der Waals surface area (Å²) in [6.07, 6.45) is 6.55. The Balaban J connectivity index is 1.59. The van der Waals surface area contributed by atoms with E-state index >= 15 is 0 Å². The van der Waals surface area contributed by atoms with Crippen LogP contribution in [0.25, 0.3) is 0 Å². The van der Waals surface area contributed by atoms with Gasteiger partial charge in [-0.1, -0.05) is 18.9 Å². The molecule has 1 fully saturated rings. The van der Waals surface area contributed by atoms with E-state index in [0.29, 0.717) is 18.4 Å². The van der Waals surface area contributed by atoms with Crippen LogP contribution >= 0.6 is 0 Å². The molecule has 1 aliphatic heterocycles. The molecule has 1 aromatic heterocycles. The highest BCUT2D eigenvalue weighted by Gasteiger charge is 2.24. The molecule has 2 heterocycles. The van der Waals surface area contributed by atoms with Crippen molar-refractivity contribution in [3.63, 3.8) is 0 Å². The second-order valence-corrected chi connectivity index (χ2v) is 5.72. The number of hydrogen-bond acceptors (Lipinski definition) is 3. The Bertz CT molecular complexity index is 570. The van der Waals surface area contributed by atoms with Gasteiger partial charge in [-0.25, -0.2) is 4.39 Å². The quantitative estimate of drug-likeness (QED) is 0.818. The number of halogens is 1. The van der Waals surface area contributed by atoms with Crippen molar-refractivity contribution in [2.24, 2.45) is 0 Å². The molecule has 3 rings (SSSR count). The van der Waals surface area contributed by atoms with Crippen LogP contribution < -0.4 is 4.74 Å². The molecule has 0 aliphatic carbocycles. The fourth-order valence-corrected chi connectivity index (χ4v) is 3.08. The third kappa shape index (κ3) is 3.89. The molecule has 118 valence electrons. The number of rotatable bonds is 5. The summed E-state index contributed by atoms with van der Waals surface area (Å²) in [5.74, 6) is 1.36. The van der Waals surface area contributed by atoms with Crippen LogP contribution in [0.1, 0.15) is 37.5 Å². The van der Waals surface area contributed by atoms with E-state index < -0.39 is 0 Å². The summed E-state index contributed by atoms with van der Waals surface area (Å²) in [5.41, 5.74) is 0. The van der Waals surface area contributed by atoms with Gasteiger partial charge in [-0.15, -0.1) is 0 Å². The lowest BCUT2D eigenvalue weighted by molar-refractivity contribution is 0.146. The van der Waals surface area contributed by atoms with Gasteiger partial charge in [0.25, 0.3) is 0 Å². The first-order valence-corrected chi connectivity index (χ1v) is 7.99. The van der Waals surface area contributed by atoms with Crippen LogP contribution in [-0.4, -0.2) is 24.6 Å². The van der Waals surface area contributed by atoms with Crippen molar-refractivity contribution in [2.75, 3.05) is 19.7 Å². The molecule has 1 unspecified atom stereocenters. The van der Waals surface area contributed by atoms with Crippen LogP contribution in [-0.2, 0) is 0 Å². The second-order valence-electron chi connectivity index (χ2n) is 5.72. The van der Waals surface area contributed by atoms with Crippen LogP contribution in [0, 0.1) is 5.82 Å². The van der Waals surface area contributed by atoms with Gasteiger partial charge in [0, 0.05) is 12.6 Å². The van der Waals surface area contributed by atoms with Gasteiger partial charge < -0.3 is 9.15 Å². The number of ether oxygens (including phenoxy) is 1. The average molecular weight is 303 g/mol. The van der Waals surface area contributed by atoms with Gasteiger partial charge >= 0.3 is 0 Å². The topological polar surface area (TPSA) is 25.6 Å². The number of benzene rings is 1. The Kier molecular flexibility index (Phi) is 5.11. The minimum Gasteiger partial charge on any atom is -0.492 e. The van der Waals surface area contributed by atoms with E-state index in [1.165, 1.54) is 31.4 Å². The second kappa shape index (κ2) is 7.45. The maximum atomic E-state index is 13.1. The number of furan rings is 1. The minimum absolute atomic E-state index is 0.263. The summed E-state index contributed by atoms with van der Waals surface area (Å²) in [6.45, 7) is 2.43. The Morgan fingerprint density at radius 1 is 1.18 bits per heavy atom. The summed E-state index contributed by atoms with van der Waals surface area (Å²) in [6, 6.07) is 10.6. The Morgan fingerprint density at radius 3 is 2.95 bits per heavy atom. The Labute approximate surface area is 130 Å². The number of likely N-dealkylation sites (tertiary alicyclic amines) is 1. The normalized spacial score (nSPS) is 19.8. The van der Waals surface area contributed by atoms with Gasteiger partial charge in [0.05, 0.1) is 12.3 Å². The lowest BCUT2D eigenvalue weighted by Gasteiger charge is -2.28. The standard InChI is InChI=1S/C18H22FNO2/c19-15-6-4-7-16(14-15)21-13-11-20-10-3-1-2-8-17(20)18-9-5-12-22-18/h4-7,9,12,14,17H,1-3,8,10-11,13H2. The van der Waals surface area contributed by atoms with E-state index in [1.54, 1.807) is 18.4 Å². The third-order valence-corrected chi connectivity index (χ3v) is 4.18. The van der Waals surface area contributed by atoms with Crippen molar-refractivity contribution in [1.82, 2.24) is 4.90 Å². The summed E-state index contributed by atoms with van der Waals surface area (Å²) < 4.78 is 24.4. The van der Waals surface area contributed by atoms with Gasteiger partial charge in [0.1, 0.15) is 23.9 Å². The summed E-state index contributed by atoms with van der Waals surface area (Å²) in [4.78, 5) is 2.42. The summed E-state index contributed by atoms with van der Waals surface area (Å²) in [5, 5.41) is 0. The molecule has 1 aliphatic rings. The molecule has 1 saturated heterocycles. The lowest BCUT2D eigenvalue weighted by atomic mass is 10.1. The smallest absolute Gasteiger partial charge is 0.126 e. The van der Waals surface area contributed by atoms with Crippen LogP contribution in [0.2, 0.25) is 0 Å².